The molecule has 2 aromatic rings. The molecule has 1 atom stereocenters. The predicted octanol–water partition coefficient (Wildman–Crippen LogP) is 4.37. The molecule has 2 rings (SSSR count). The fraction of sp³-hybridized carbons (Fsp3) is 0.391. The molecule has 12 heteroatoms. The highest BCUT2D eigenvalue weighted by atomic mass is 35.5. The van der Waals surface area contributed by atoms with Crippen LogP contribution in [0, 0.1) is 11.6 Å². The summed E-state index contributed by atoms with van der Waals surface area (Å²) in [6.07, 6.45) is 1.04. The summed E-state index contributed by atoms with van der Waals surface area (Å²) in [5, 5.41) is 3.27. The fourth-order valence-electron chi connectivity index (χ4n) is 3.41. The minimum Gasteiger partial charge on any atom is -0.352 e. The van der Waals surface area contributed by atoms with E-state index in [0.717, 1.165) is 18.4 Å². The molecule has 0 aliphatic rings. The van der Waals surface area contributed by atoms with Crippen LogP contribution in [0.4, 0.5) is 14.5 Å². The molecule has 2 amide bonds. The maximum Gasteiger partial charge on any atom is 0.244 e. The van der Waals surface area contributed by atoms with Crippen LogP contribution in [0.2, 0.25) is 10.0 Å². The third-order valence-corrected chi connectivity index (χ3v) is 6.93. The van der Waals surface area contributed by atoms with E-state index in [-0.39, 0.29) is 34.7 Å². The summed E-state index contributed by atoms with van der Waals surface area (Å²) in [5.74, 6) is -3.65. The van der Waals surface area contributed by atoms with Crippen LogP contribution in [-0.4, -0.2) is 50.0 Å². The van der Waals surface area contributed by atoms with Gasteiger partial charge in [0.05, 0.1) is 11.9 Å². The van der Waals surface area contributed by atoms with Crippen molar-refractivity contribution in [3.63, 3.8) is 0 Å². The van der Waals surface area contributed by atoms with E-state index < -0.39 is 46.1 Å². The minimum atomic E-state index is -4.09. The Balaban J connectivity index is 2.52. The van der Waals surface area contributed by atoms with Gasteiger partial charge in [-0.1, -0.05) is 36.2 Å². The number of carbonyl (C=O) groups is 2. The standard InChI is InChI=1S/C23H27Cl2F2N3O4S/c1-5-21(23(32)28-14(2)3)29(12-16-17(24)7-6-8-18(16)25)22(31)13-30(35(4,33)34)15-9-10-19(26)20(27)11-15/h6-11,14,21H,5,12-13H2,1-4H3,(H,28,32)/t21-/m0/s1. The van der Waals surface area contributed by atoms with E-state index >= 15 is 0 Å². The first-order valence-electron chi connectivity index (χ1n) is 10.7. The minimum absolute atomic E-state index is 0.184. The Morgan fingerprint density at radius 2 is 1.66 bits per heavy atom. The van der Waals surface area contributed by atoms with Gasteiger partial charge in [0.15, 0.2) is 11.6 Å². The Hall–Kier alpha value is -2.43. The number of rotatable bonds is 10. The number of amides is 2. The molecule has 0 saturated carbocycles. The van der Waals surface area contributed by atoms with Gasteiger partial charge < -0.3 is 10.2 Å². The molecule has 35 heavy (non-hydrogen) atoms. The average molecular weight is 550 g/mol. The summed E-state index contributed by atoms with van der Waals surface area (Å²) in [6.45, 7) is 4.27. The van der Waals surface area contributed by atoms with E-state index in [0.29, 0.717) is 15.9 Å². The predicted molar refractivity (Wildman–Crippen MR) is 133 cm³/mol. The van der Waals surface area contributed by atoms with Crippen molar-refractivity contribution in [3.8, 4) is 0 Å². The van der Waals surface area contributed by atoms with Crippen LogP contribution in [0.5, 0.6) is 0 Å². The van der Waals surface area contributed by atoms with Crippen LogP contribution in [0.3, 0.4) is 0 Å². The second kappa shape index (κ2) is 12.0. The van der Waals surface area contributed by atoms with E-state index in [9.17, 15) is 26.8 Å². The van der Waals surface area contributed by atoms with Gasteiger partial charge in [-0.15, -0.1) is 0 Å². The number of nitrogens with one attached hydrogen (secondary N) is 1. The quantitative estimate of drug-likeness (QED) is 0.476. The number of hydrogen-bond acceptors (Lipinski definition) is 4. The molecule has 7 nitrogen and oxygen atoms in total. The van der Waals surface area contributed by atoms with Gasteiger partial charge in [-0.05, 0) is 44.5 Å². The zero-order chi connectivity index (χ0) is 26.5. The number of hydrogen-bond donors (Lipinski definition) is 1. The highest BCUT2D eigenvalue weighted by Crippen LogP contribution is 2.28. The molecule has 192 valence electrons. The lowest BCUT2D eigenvalue weighted by atomic mass is 10.1. The lowest BCUT2D eigenvalue weighted by Crippen LogP contribution is -2.53. The molecule has 0 radical (unpaired) electrons. The van der Waals surface area contributed by atoms with Gasteiger partial charge in [-0.3, -0.25) is 13.9 Å². The van der Waals surface area contributed by atoms with E-state index in [2.05, 4.69) is 5.32 Å². The molecule has 0 saturated heterocycles. The maximum atomic E-state index is 13.8. The van der Waals surface area contributed by atoms with Crippen LogP contribution in [0.15, 0.2) is 36.4 Å². The summed E-state index contributed by atoms with van der Waals surface area (Å²) < 4.78 is 52.9. The SMILES string of the molecule is CC[C@@H](C(=O)NC(C)C)N(Cc1c(Cl)cccc1Cl)C(=O)CN(c1ccc(F)c(F)c1)S(C)(=O)=O. The van der Waals surface area contributed by atoms with Crippen molar-refractivity contribution in [2.45, 2.75) is 45.8 Å². The molecule has 2 aromatic carbocycles. The van der Waals surface area contributed by atoms with Crippen molar-refractivity contribution in [2.75, 3.05) is 17.1 Å². The second-order valence-corrected chi connectivity index (χ2v) is 10.9. The zero-order valence-corrected chi connectivity index (χ0v) is 22.0. The largest absolute Gasteiger partial charge is 0.352 e. The first kappa shape index (κ1) is 28.8. The van der Waals surface area contributed by atoms with Crippen LogP contribution in [-0.2, 0) is 26.2 Å². The smallest absolute Gasteiger partial charge is 0.244 e. The number of halogens is 4. The second-order valence-electron chi connectivity index (χ2n) is 8.18. The first-order chi connectivity index (χ1) is 16.3. The summed E-state index contributed by atoms with van der Waals surface area (Å²) in [6, 6.07) is 6.06. The molecular weight excluding hydrogens is 523 g/mol. The molecule has 0 aromatic heterocycles. The molecule has 1 N–H and O–H groups in total. The maximum absolute atomic E-state index is 13.8. The van der Waals surface area contributed by atoms with Crippen molar-refractivity contribution >= 4 is 50.7 Å². The van der Waals surface area contributed by atoms with Gasteiger partial charge in [0.25, 0.3) is 0 Å². The molecule has 0 heterocycles. The third kappa shape index (κ3) is 7.52. The van der Waals surface area contributed by atoms with Crippen LogP contribution in [0.1, 0.15) is 32.8 Å². The van der Waals surface area contributed by atoms with Gasteiger partial charge in [0, 0.05) is 34.3 Å². The summed E-state index contributed by atoms with van der Waals surface area (Å²) in [5.41, 5.74) is 0.133. The molecule has 0 unspecified atom stereocenters. The van der Waals surface area contributed by atoms with E-state index in [1.54, 1.807) is 39.0 Å². The summed E-state index contributed by atoms with van der Waals surface area (Å²) >= 11 is 12.6. The van der Waals surface area contributed by atoms with Crippen molar-refractivity contribution in [1.29, 1.82) is 0 Å². The van der Waals surface area contributed by atoms with Crippen LogP contribution in [0.25, 0.3) is 0 Å². The zero-order valence-electron chi connectivity index (χ0n) is 19.7. The topological polar surface area (TPSA) is 86.8 Å². The van der Waals surface area contributed by atoms with Gasteiger partial charge in [0.1, 0.15) is 12.6 Å². The summed E-state index contributed by atoms with van der Waals surface area (Å²) in [7, 11) is -4.09. The van der Waals surface area contributed by atoms with Gasteiger partial charge in [-0.2, -0.15) is 0 Å². The fourth-order valence-corrected chi connectivity index (χ4v) is 4.77. The highest BCUT2D eigenvalue weighted by molar-refractivity contribution is 7.92. The third-order valence-electron chi connectivity index (χ3n) is 5.08. The van der Waals surface area contributed by atoms with E-state index in [1.165, 1.54) is 4.90 Å². The number of nitrogens with zero attached hydrogens (tertiary/aromatic N) is 2. The Kier molecular flexibility index (Phi) is 9.88. The number of anilines is 1. The van der Waals surface area contributed by atoms with E-state index in [4.69, 9.17) is 23.2 Å². The Morgan fingerprint density at radius 1 is 1.06 bits per heavy atom. The normalized spacial score (nSPS) is 12.4. The van der Waals surface area contributed by atoms with Crippen molar-refractivity contribution < 1.29 is 26.8 Å². The van der Waals surface area contributed by atoms with Gasteiger partial charge >= 0.3 is 0 Å². The molecular formula is C23H27Cl2F2N3O4S. The lowest BCUT2D eigenvalue weighted by molar-refractivity contribution is -0.140. The molecule has 0 fully saturated rings. The number of carbonyl (C=O) groups excluding carboxylic acids is 2. The summed E-state index contributed by atoms with van der Waals surface area (Å²) in [4.78, 5) is 27.6. The number of sulfonamides is 1. The highest BCUT2D eigenvalue weighted by Gasteiger charge is 2.33. The monoisotopic (exact) mass is 549 g/mol. The Morgan fingerprint density at radius 3 is 2.14 bits per heavy atom. The van der Waals surface area contributed by atoms with Crippen molar-refractivity contribution in [1.82, 2.24) is 10.2 Å². The molecule has 0 aliphatic carbocycles. The molecule has 0 spiro atoms. The number of benzene rings is 2. The average Bonchev–Trinajstić information content (AvgIpc) is 2.74. The van der Waals surface area contributed by atoms with Crippen molar-refractivity contribution in [2.24, 2.45) is 0 Å². The lowest BCUT2D eigenvalue weighted by Gasteiger charge is -2.33. The van der Waals surface area contributed by atoms with Gasteiger partial charge in [0.2, 0.25) is 21.8 Å². The van der Waals surface area contributed by atoms with Crippen LogP contribution >= 0.6 is 23.2 Å². The Labute approximate surface area is 214 Å². The first-order valence-corrected chi connectivity index (χ1v) is 13.3. The molecule has 0 bridgehead atoms. The molecule has 0 aliphatic heterocycles. The van der Waals surface area contributed by atoms with Crippen LogP contribution < -0.4 is 9.62 Å². The Bertz CT molecular complexity index is 1180. The van der Waals surface area contributed by atoms with Crippen molar-refractivity contribution in [3.05, 3.63) is 63.6 Å². The van der Waals surface area contributed by atoms with E-state index in [1.807, 2.05) is 0 Å². The van der Waals surface area contributed by atoms with Gasteiger partial charge in [-0.25, -0.2) is 17.2 Å².